The lowest BCUT2D eigenvalue weighted by Gasteiger charge is -2.26. The molecule has 0 saturated carbocycles. The van der Waals surface area contributed by atoms with Crippen molar-refractivity contribution in [2.45, 2.75) is 38.1 Å². The molecule has 31 heavy (non-hydrogen) atoms. The quantitative estimate of drug-likeness (QED) is 0.593. The number of hydrogen-bond acceptors (Lipinski definition) is 8. The molecular formula is C21H26N8O2. The molecule has 1 saturated heterocycles. The fourth-order valence-electron chi connectivity index (χ4n) is 4.46. The van der Waals surface area contributed by atoms with E-state index in [4.69, 9.17) is 14.7 Å². The highest BCUT2D eigenvalue weighted by atomic mass is 16.5. The Balaban J connectivity index is 1.66. The van der Waals surface area contributed by atoms with Crippen LogP contribution in [-0.2, 0) is 16.1 Å². The molecule has 0 unspecified atom stereocenters. The zero-order valence-corrected chi connectivity index (χ0v) is 17.9. The van der Waals surface area contributed by atoms with Crippen molar-refractivity contribution in [2.75, 3.05) is 32.6 Å². The second kappa shape index (κ2) is 7.86. The van der Waals surface area contributed by atoms with Gasteiger partial charge in [0.2, 0.25) is 11.9 Å². The minimum Gasteiger partial charge on any atom is -0.378 e. The average molecular weight is 422 g/mol. The lowest BCUT2D eigenvalue weighted by molar-refractivity contribution is -0.133. The number of nitrogens with one attached hydrogen (secondary N) is 2. The van der Waals surface area contributed by atoms with Crippen LogP contribution < -0.4 is 10.6 Å². The summed E-state index contributed by atoms with van der Waals surface area (Å²) in [5.41, 5.74) is 3.23. The van der Waals surface area contributed by atoms with Crippen molar-refractivity contribution < 1.29 is 9.53 Å². The zero-order chi connectivity index (χ0) is 21.5. The Kier molecular flexibility index (Phi) is 5.03. The van der Waals surface area contributed by atoms with Gasteiger partial charge in [0.1, 0.15) is 11.5 Å². The number of ether oxygens (including phenoxy) is 1. The molecule has 162 valence electrons. The van der Waals surface area contributed by atoms with Gasteiger partial charge in [0.25, 0.3) is 0 Å². The van der Waals surface area contributed by atoms with Gasteiger partial charge in [-0.3, -0.25) is 9.78 Å². The van der Waals surface area contributed by atoms with Crippen molar-refractivity contribution >= 4 is 22.9 Å². The molecule has 5 rings (SSSR count). The summed E-state index contributed by atoms with van der Waals surface area (Å²) in [4.78, 5) is 33.2. The number of hydrogen-bond donors (Lipinski definition) is 2. The fraction of sp³-hybridized carbons (Fsp3) is 0.476. The van der Waals surface area contributed by atoms with Crippen LogP contribution in [0.1, 0.15) is 12.2 Å². The Morgan fingerprint density at radius 3 is 2.84 bits per heavy atom. The molecule has 5 heterocycles. The van der Waals surface area contributed by atoms with Gasteiger partial charge in [-0.25, -0.2) is 15.0 Å². The van der Waals surface area contributed by atoms with Crippen LogP contribution in [0.2, 0.25) is 0 Å². The molecule has 2 aliphatic heterocycles. The van der Waals surface area contributed by atoms with E-state index in [1.54, 1.807) is 24.4 Å². The average Bonchev–Trinajstić information content (AvgIpc) is 3.36. The van der Waals surface area contributed by atoms with E-state index in [9.17, 15) is 4.79 Å². The number of nitrogens with zero attached hydrogens (tertiary/aromatic N) is 6. The monoisotopic (exact) mass is 422 g/mol. The number of aromatic nitrogens is 5. The van der Waals surface area contributed by atoms with Crippen molar-refractivity contribution in [1.29, 1.82) is 0 Å². The molecule has 10 heteroatoms. The number of anilines is 1. The number of likely N-dealkylation sites (N-methyl/N-ethyl adjacent to an activating group) is 1. The normalized spacial score (nSPS) is 24.0. The molecule has 2 aliphatic rings. The van der Waals surface area contributed by atoms with Crippen molar-refractivity contribution in [3.05, 3.63) is 30.4 Å². The van der Waals surface area contributed by atoms with Crippen molar-refractivity contribution in [3.8, 4) is 11.4 Å². The van der Waals surface area contributed by atoms with Crippen LogP contribution >= 0.6 is 0 Å². The van der Waals surface area contributed by atoms with Crippen LogP contribution in [0.3, 0.4) is 0 Å². The minimum absolute atomic E-state index is 0.0606. The Morgan fingerprint density at radius 1 is 1.16 bits per heavy atom. The third kappa shape index (κ3) is 3.61. The second-order valence-electron chi connectivity index (χ2n) is 8.18. The molecule has 4 bridgehead atoms. The predicted octanol–water partition coefficient (Wildman–Crippen LogP) is 0.826. The van der Waals surface area contributed by atoms with E-state index in [1.807, 2.05) is 26.1 Å². The van der Waals surface area contributed by atoms with Gasteiger partial charge in [-0.05, 0) is 25.5 Å². The van der Waals surface area contributed by atoms with Crippen molar-refractivity contribution in [2.24, 2.45) is 0 Å². The van der Waals surface area contributed by atoms with Crippen LogP contribution in [0.15, 0.2) is 24.5 Å². The maximum Gasteiger partial charge on any atom is 0.239 e. The maximum absolute atomic E-state index is 13.0. The van der Waals surface area contributed by atoms with Gasteiger partial charge in [-0.2, -0.15) is 0 Å². The van der Waals surface area contributed by atoms with Crippen molar-refractivity contribution in [3.63, 3.8) is 0 Å². The maximum atomic E-state index is 13.0. The van der Waals surface area contributed by atoms with E-state index in [2.05, 4.69) is 25.2 Å². The lowest BCUT2D eigenvalue weighted by atomic mass is 10.1. The number of rotatable bonds is 1. The smallest absolute Gasteiger partial charge is 0.239 e. The first kappa shape index (κ1) is 19.8. The predicted molar refractivity (Wildman–Crippen MR) is 116 cm³/mol. The van der Waals surface area contributed by atoms with Crippen LogP contribution in [0.4, 0.5) is 5.95 Å². The summed E-state index contributed by atoms with van der Waals surface area (Å²) in [6.07, 6.45) is 3.96. The highest BCUT2D eigenvalue weighted by Gasteiger charge is 2.33. The molecule has 2 N–H and O–H groups in total. The lowest BCUT2D eigenvalue weighted by Crippen LogP contribution is -2.45. The van der Waals surface area contributed by atoms with Crippen molar-refractivity contribution in [1.82, 2.24) is 34.7 Å². The summed E-state index contributed by atoms with van der Waals surface area (Å²) in [6.45, 7) is 3.67. The fourth-order valence-corrected chi connectivity index (χ4v) is 4.46. The number of fused-ring (bicyclic) bond motifs is 5. The van der Waals surface area contributed by atoms with Gasteiger partial charge < -0.3 is 24.8 Å². The number of methoxy groups -OCH3 is 1. The second-order valence-corrected chi connectivity index (χ2v) is 8.18. The van der Waals surface area contributed by atoms with Gasteiger partial charge in [-0.1, -0.05) is 0 Å². The summed E-state index contributed by atoms with van der Waals surface area (Å²) < 4.78 is 7.87. The topological polar surface area (TPSA) is 110 Å². The SMILES string of the molecule is CO[C@H]1CN(C)C(=O)[C@@H]2C[C@@H](CN2)Nc2nccc(n2)-c2nccc3nc(C)n(c23)C1. The number of carbonyl (C=O) groups excluding carboxylic acids is 1. The molecule has 3 atom stereocenters. The third-order valence-electron chi connectivity index (χ3n) is 6.08. The molecule has 3 aromatic rings. The molecule has 0 radical (unpaired) electrons. The first-order valence-electron chi connectivity index (χ1n) is 10.5. The number of imidazole rings is 1. The van der Waals surface area contributed by atoms with E-state index >= 15 is 0 Å². The molecule has 1 fully saturated rings. The number of amides is 1. The number of pyridine rings is 1. The Hall–Kier alpha value is -3.11. The zero-order valence-electron chi connectivity index (χ0n) is 17.9. The molecule has 0 spiro atoms. The molecular weight excluding hydrogens is 396 g/mol. The van der Waals surface area contributed by atoms with E-state index in [1.165, 1.54) is 0 Å². The van der Waals surface area contributed by atoms with Gasteiger partial charge in [0.15, 0.2) is 0 Å². The number of aryl methyl sites for hydroxylation is 1. The Labute approximate surface area is 180 Å². The molecule has 3 aromatic heterocycles. The Bertz CT molecular complexity index is 1130. The van der Waals surface area contributed by atoms with E-state index in [0.717, 1.165) is 28.2 Å². The summed E-state index contributed by atoms with van der Waals surface area (Å²) in [5.74, 6) is 1.44. The van der Waals surface area contributed by atoms with E-state index < -0.39 is 0 Å². The number of carbonyl (C=O) groups is 1. The Morgan fingerprint density at radius 2 is 2.00 bits per heavy atom. The summed E-state index contributed by atoms with van der Waals surface area (Å²) in [7, 11) is 3.50. The molecule has 1 amide bonds. The van der Waals surface area contributed by atoms with Crippen LogP contribution in [-0.4, -0.2) is 80.7 Å². The van der Waals surface area contributed by atoms with Crippen LogP contribution in [0.5, 0.6) is 0 Å². The van der Waals surface area contributed by atoms with Gasteiger partial charge in [0, 0.05) is 45.7 Å². The summed E-state index contributed by atoms with van der Waals surface area (Å²) in [5, 5.41) is 6.68. The largest absolute Gasteiger partial charge is 0.378 e. The van der Waals surface area contributed by atoms with Crippen LogP contribution in [0, 0.1) is 6.92 Å². The molecule has 0 aliphatic carbocycles. The third-order valence-corrected chi connectivity index (χ3v) is 6.08. The van der Waals surface area contributed by atoms with E-state index in [0.29, 0.717) is 32.0 Å². The van der Waals surface area contributed by atoms with Gasteiger partial charge >= 0.3 is 0 Å². The highest BCUT2D eigenvalue weighted by molar-refractivity contribution is 5.89. The minimum atomic E-state index is -0.242. The highest BCUT2D eigenvalue weighted by Crippen LogP contribution is 2.27. The van der Waals surface area contributed by atoms with Crippen LogP contribution in [0.25, 0.3) is 22.4 Å². The summed E-state index contributed by atoms with van der Waals surface area (Å²) >= 11 is 0. The van der Waals surface area contributed by atoms with Gasteiger partial charge in [-0.15, -0.1) is 0 Å². The standard InChI is InChI=1S/C21H26N8O2/c1-12-25-16-5-6-22-18-15-4-7-23-21(27-15)26-13-8-17(24-9-13)20(30)28(2)10-14(31-3)11-29(12)19(16)18/h4-7,13-14,17,24H,8-11H2,1-3H3,(H,23,26,27)/t13-,14-,17-/m0/s1. The summed E-state index contributed by atoms with van der Waals surface area (Å²) in [6, 6.07) is 3.59. The van der Waals surface area contributed by atoms with E-state index in [-0.39, 0.29) is 24.1 Å². The molecule has 10 nitrogen and oxygen atoms in total. The first-order chi connectivity index (χ1) is 15.0. The first-order valence-corrected chi connectivity index (χ1v) is 10.5. The molecule has 0 aromatic carbocycles. The van der Waals surface area contributed by atoms with Gasteiger partial charge in [0.05, 0.1) is 35.4 Å².